The number of benzene rings is 1. The second kappa shape index (κ2) is 6.28. The Hall–Kier alpha value is -1.85. The van der Waals surface area contributed by atoms with Crippen molar-refractivity contribution in [2.45, 2.75) is 31.3 Å². The Morgan fingerprint density at radius 1 is 1.24 bits per heavy atom. The van der Waals surface area contributed by atoms with Gasteiger partial charge in [0, 0.05) is 0 Å². The summed E-state index contributed by atoms with van der Waals surface area (Å²) in [5, 5.41) is 0. The zero-order chi connectivity index (χ0) is 14.7. The topological polar surface area (TPSA) is 54.0 Å². The maximum Gasteiger partial charge on any atom is 0.309 e. The van der Waals surface area contributed by atoms with Gasteiger partial charge in [-0.2, -0.15) is 0 Å². The van der Waals surface area contributed by atoms with Crippen molar-refractivity contribution in [1.82, 2.24) is 0 Å². The fourth-order valence-corrected chi connectivity index (χ4v) is 2.46. The van der Waals surface area contributed by atoms with Gasteiger partial charge in [0.15, 0.2) is 0 Å². The summed E-state index contributed by atoms with van der Waals surface area (Å²) in [4.78, 5) is 11.2. The lowest BCUT2D eigenvalue weighted by Crippen LogP contribution is -2.34. The predicted octanol–water partition coefficient (Wildman–Crippen LogP) is 1.85. The van der Waals surface area contributed by atoms with Crippen molar-refractivity contribution in [2.24, 2.45) is 0 Å². The van der Waals surface area contributed by atoms with E-state index in [1.54, 1.807) is 7.11 Å². The summed E-state index contributed by atoms with van der Waals surface area (Å²) in [6.07, 6.45) is 3.59. The molecule has 2 aliphatic heterocycles. The van der Waals surface area contributed by atoms with E-state index < -0.39 is 0 Å². The molecule has 1 aromatic rings. The van der Waals surface area contributed by atoms with Crippen molar-refractivity contribution >= 4 is 5.97 Å². The fraction of sp³-hybridized carbons (Fsp3) is 0.438. The second-order valence-corrected chi connectivity index (χ2v) is 5.12. The van der Waals surface area contributed by atoms with Crippen molar-refractivity contribution in [2.75, 3.05) is 13.7 Å². The van der Waals surface area contributed by atoms with Crippen LogP contribution in [0.2, 0.25) is 0 Å². The molecule has 2 heterocycles. The molecule has 0 aliphatic carbocycles. The van der Waals surface area contributed by atoms with E-state index in [0.29, 0.717) is 19.6 Å². The van der Waals surface area contributed by atoms with Gasteiger partial charge in [0.05, 0.1) is 32.8 Å². The molecule has 1 fully saturated rings. The van der Waals surface area contributed by atoms with Crippen molar-refractivity contribution in [3.8, 4) is 5.75 Å². The third kappa shape index (κ3) is 3.43. The number of hydrogen-bond acceptors (Lipinski definition) is 5. The lowest BCUT2D eigenvalue weighted by Gasteiger charge is -2.25. The first-order chi connectivity index (χ1) is 10.2. The van der Waals surface area contributed by atoms with E-state index in [4.69, 9.17) is 18.9 Å². The maximum absolute atomic E-state index is 11.2. The number of hydrogen-bond donors (Lipinski definition) is 0. The van der Waals surface area contributed by atoms with Crippen LogP contribution in [0.25, 0.3) is 0 Å². The summed E-state index contributed by atoms with van der Waals surface area (Å²) in [6, 6.07) is 7.75. The van der Waals surface area contributed by atoms with Gasteiger partial charge >= 0.3 is 5.97 Å². The average Bonchev–Trinajstić information content (AvgIpc) is 2.87. The molecule has 0 saturated carbocycles. The highest BCUT2D eigenvalue weighted by atomic mass is 16.6. The van der Waals surface area contributed by atoms with E-state index in [2.05, 4.69) is 0 Å². The third-order valence-corrected chi connectivity index (χ3v) is 3.58. The van der Waals surface area contributed by atoms with Crippen LogP contribution in [-0.4, -0.2) is 38.0 Å². The molecule has 0 amide bonds. The molecule has 0 N–H and O–H groups in total. The molecular weight excluding hydrogens is 272 g/mol. The van der Waals surface area contributed by atoms with Crippen molar-refractivity contribution in [1.29, 1.82) is 0 Å². The van der Waals surface area contributed by atoms with Gasteiger partial charge in [-0.05, 0) is 23.8 Å². The number of carbonyl (C=O) groups is 1. The molecule has 2 aliphatic rings. The van der Waals surface area contributed by atoms with Crippen LogP contribution in [0.4, 0.5) is 0 Å². The molecule has 0 spiro atoms. The summed E-state index contributed by atoms with van der Waals surface area (Å²) < 4.78 is 21.7. The Morgan fingerprint density at radius 2 is 2.05 bits per heavy atom. The van der Waals surface area contributed by atoms with Crippen molar-refractivity contribution in [3.05, 3.63) is 42.0 Å². The van der Waals surface area contributed by atoms with Gasteiger partial charge in [0.25, 0.3) is 0 Å². The van der Waals surface area contributed by atoms with Gasteiger partial charge in [-0.1, -0.05) is 18.2 Å². The van der Waals surface area contributed by atoms with Gasteiger partial charge in [0.2, 0.25) is 0 Å². The Bertz CT molecular complexity index is 522. The molecule has 5 nitrogen and oxygen atoms in total. The van der Waals surface area contributed by atoms with Gasteiger partial charge in [-0.25, -0.2) is 0 Å². The Balaban J connectivity index is 1.45. The molecule has 0 aromatic heterocycles. The Labute approximate surface area is 123 Å². The predicted molar refractivity (Wildman–Crippen MR) is 74.9 cm³/mol. The first-order valence-corrected chi connectivity index (χ1v) is 6.98. The van der Waals surface area contributed by atoms with Crippen LogP contribution in [0, 0.1) is 0 Å². The Kier molecular flexibility index (Phi) is 4.22. The number of methoxy groups -OCH3 is 1. The first kappa shape index (κ1) is 14.1. The maximum atomic E-state index is 11.2. The van der Waals surface area contributed by atoms with Crippen LogP contribution < -0.4 is 4.74 Å². The molecule has 0 unspecified atom stereocenters. The summed E-state index contributed by atoms with van der Waals surface area (Å²) in [6.45, 7) is 0.973. The minimum atomic E-state index is -0.227. The van der Waals surface area contributed by atoms with Gasteiger partial charge in [-0.15, -0.1) is 0 Å². The number of carbonyl (C=O) groups excluding carboxylic acids is 1. The molecule has 3 atom stereocenters. The van der Waals surface area contributed by atoms with Gasteiger partial charge < -0.3 is 18.9 Å². The molecule has 112 valence electrons. The van der Waals surface area contributed by atoms with E-state index in [9.17, 15) is 4.79 Å². The molecule has 1 saturated heterocycles. The van der Waals surface area contributed by atoms with Crippen LogP contribution in [0.15, 0.2) is 36.4 Å². The largest absolute Gasteiger partial charge is 0.497 e. The van der Waals surface area contributed by atoms with Gasteiger partial charge in [-0.3, -0.25) is 4.79 Å². The highest BCUT2D eigenvalue weighted by molar-refractivity contribution is 5.73. The molecule has 5 heteroatoms. The SMILES string of the molecule is COc1ccc(COC[C@H]2C=C[C@@H]3OC(=O)C[C@@H]3O2)cc1. The normalized spacial score (nSPS) is 27.3. The molecule has 3 rings (SSSR count). The van der Waals surface area contributed by atoms with Gasteiger partial charge in [0.1, 0.15) is 18.0 Å². The molecule has 21 heavy (non-hydrogen) atoms. The van der Waals surface area contributed by atoms with Crippen LogP contribution in [0.5, 0.6) is 5.75 Å². The smallest absolute Gasteiger partial charge is 0.309 e. The second-order valence-electron chi connectivity index (χ2n) is 5.12. The fourth-order valence-electron chi connectivity index (χ4n) is 2.46. The minimum absolute atomic E-state index is 0.126. The lowest BCUT2D eigenvalue weighted by atomic mass is 10.1. The molecular formula is C16H18O5. The zero-order valence-corrected chi connectivity index (χ0v) is 11.9. The average molecular weight is 290 g/mol. The number of ether oxygens (including phenoxy) is 4. The van der Waals surface area contributed by atoms with Crippen LogP contribution in [0.1, 0.15) is 12.0 Å². The van der Waals surface area contributed by atoms with Crippen LogP contribution in [-0.2, 0) is 25.6 Å². The van der Waals surface area contributed by atoms with Crippen LogP contribution in [0.3, 0.4) is 0 Å². The van der Waals surface area contributed by atoms with E-state index >= 15 is 0 Å². The summed E-state index contributed by atoms with van der Waals surface area (Å²) in [5.41, 5.74) is 1.08. The van der Waals surface area contributed by atoms with E-state index in [-0.39, 0.29) is 24.3 Å². The third-order valence-electron chi connectivity index (χ3n) is 3.58. The highest BCUT2D eigenvalue weighted by Crippen LogP contribution is 2.25. The molecule has 0 bridgehead atoms. The number of rotatable bonds is 5. The lowest BCUT2D eigenvalue weighted by molar-refractivity contribution is -0.140. The number of fused-ring (bicyclic) bond motifs is 1. The van der Waals surface area contributed by atoms with E-state index in [1.807, 2.05) is 36.4 Å². The van der Waals surface area contributed by atoms with Crippen molar-refractivity contribution < 1.29 is 23.7 Å². The quantitative estimate of drug-likeness (QED) is 0.612. The summed E-state index contributed by atoms with van der Waals surface area (Å²) in [5.74, 6) is 0.628. The molecule has 1 aromatic carbocycles. The van der Waals surface area contributed by atoms with Crippen LogP contribution >= 0.6 is 0 Å². The summed E-state index contributed by atoms with van der Waals surface area (Å²) in [7, 11) is 1.64. The summed E-state index contributed by atoms with van der Waals surface area (Å²) >= 11 is 0. The highest BCUT2D eigenvalue weighted by Gasteiger charge is 2.37. The Morgan fingerprint density at radius 3 is 2.81 bits per heavy atom. The minimum Gasteiger partial charge on any atom is -0.497 e. The van der Waals surface area contributed by atoms with E-state index in [0.717, 1.165) is 11.3 Å². The zero-order valence-electron chi connectivity index (χ0n) is 11.9. The standard InChI is InChI=1S/C16H18O5/c1-18-12-4-2-11(3-5-12)9-19-10-13-6-7-14-15(20-13)8-16(17)21-14/h2-7,13-15H,8-10H2,1H3/t13-,14+,15+/m1/s1. The monoisotopic (exact) mass is 290 g/mol. The number of esters is 1. The first-order valence-electron chi connectivity index (χ1n) is 6.98. The van der Waals surface area contributed by atoms with E-state index in [1.165, 1.54) is 0 Å². The molecule has 0 radical (unpaired) electrons. The van der Waals surface area contributed by atoms with Crippen molar-refractivity contribution in [3.63, 3.8) is 0 Å².